The average molecular weight is 292 g/mol. The van der Waals surface area contributed by atoms with Crippen molar-refractivity contribution in [2.75, 3.05) is 5.32 Å². The lowest BCUT2D eigenvalue weighted by Crippen LogP contribution is -2.36. The molecule has 0 radical (unpaired) electrons. The summed E-state index contributed by atoms with van der Waals surface area (Å²) in [4.78, 5) is 24.0. The van der Waals surface area contributed by atoms with Crippen LogP contribution < -0.4 is 5.32 Å². The van der Waals surface area contributed by atoms with E-state index in [0.29, 0.717) is 16.3 Å². The molecule has 1 aromatic carbocycles. The summed E-state index contributed by atoms with van der Waals surface area (Å²) in [5.41, 5.74) is -1.28. The number of carbonyl (C=O) groups excluding carboxylic acids is 2. The lowest BCUT2D eigenvalue weighted by atomic mass is 9.89. The molecule has 1 amide bonds. The predicted octanol–water partition coefficient (Wildman–Crippen LogP) is 2.35. The molecule has 0 fully saturated rings. The molecule has 1 aromatic heterocycles. The summed E-state index contributed by atoms with van der Waals surface area (Å²) < 4.78 is 4.98. The van der Waals surface area contributed by atoms with Crippen LogP contribution in [0.2, 0.25) is 5.02 Å². The third-order valence-corrected chi connectivity index (χ3v) is 3.60. The zero-order chi connectivity index (χ0) is 14.3. The number of hydrogen-bond acceptors (Lipinski definition) is 4. The Balaban J connectivity index is 1.99. The molecule has 2 N–H and O–H groups in total. The van der Waals surface area contributed by atoms with Gasteiger partial charge < -0.3 is 14.8 Å². The molecule has 0 saturated carbocycles. The van der Waals surface area contributed by atoms with E-state index in [1.807, 2.05) is 0 Å². The van der Waals surface area contributed by atoms with Crippen LogP contribution in [0.5, 0.6) is 0 Å². The van der Waals surface area contributed by atoms with Crippen LogP contribution in [0.25, 0.3) is 0 Å². The normalized spacial score (nSPS) is 20.6. The highest BCUT2D eigenvalue weighted by molar-refractivity contribution is 6.34. The number of furan rings is 1. The molecule has 5 nitrogen and oxygen atoms in total. The van der Waals surface area contributed by atoms with Gasteiger partial charge in [0, 0.05) is 5.56 Å². The van der Waals surface area contributed by atoms with Gasteiger partial charge in [0.15, 0.2) is 11.4 Å². The number of amides is 1. The van der Waals surface area contributed by atoms with Gasteiger partial charge in [0.2, 0.25) is 5.78 Å². The van der Waals surface area contributed by atoms with Crippen molar-refractivity contribution in [1.29, 1.82) is 0 Å². The maximum Gasteiger partial charge on any atom is 0.261 e. The molecule has 1 aliphatic rings. The first-order chi connectivity index (χ1) is 9.52. The molecule has 0 aliphatic carbocycles. The summed E-state index contributed by atoms with van der Waals surface area (Å²) in [5.74, 6) is -1.03. The number of hydrogen-bond donors (Lipinski definition) is 2. The summed E-state index contributed by atoms with van der Waals surface area (Å²) in [6.07, 6.45) is 0.955. The average Bonchev–Trinajstić information content (AvgIpc) is 3.01. The van der Waals surface area contributed by atoms with Crippen molar-refractivity contribution in [3.05, 3.63) is 52.9 Å². The summed E-state index contributed by atoms with van der Waals surface area (Å²) in [5, 5.41) is 13.4. The molecule has 0 saturated heterocycles. The number of Topliss-reactive ketones (excluding diaryl/α,β-unsaturated/α-hetero) is 1. The number of nitrogens with one attached hydrogen (secondary N) is 1. The number of para-hydroxylation sites is 1. The van der Waals surface area contributed by atoms with Crippen LogP contribution in [-0.4, -0.2) is 16.8 Å². The number of anilines is 1. The number of halogens is 1. The molecule has 6 heteroatoms. The van der Waals surface area contributed by atoms with Crippen LogP contribution in [0, 0.1) is 0 Å². The Morgan fingerprint density at radius 1 is 1.35 bits per heavy atom. The van der Waals surface area contributed by atoms with E-state index in [1.54, 1.807) is 24.3 Å². The molecule has 3 rings (SSSR count). The first kappa shape index (κ1) is 12.9. The van der Waals surface area contributed by atoms with Crippen molar-refractivity contribution in [3.63, 3.8) is 0 Å². The number of ketones is 1. The molecular formula is C14H10ClNO4. The number of fused-ring (bicyclic) bond motifs is 1. The Hall–Kier alpha value is -2.11. The molecule has 20 heavy (non-hydrogen) atoms. The minimum absolute atomic E-state index is 0.0988. The van der Waals surface area contributed by atoms with Crippen LogP contribution in [-0.2, 0) is 10.4 Å². The maximum absolute atomic E-state index is 12.0. The van der Waals surface area contributed by atoms with Crippen molar-refractivity contribution >= 4 is 29.0 Å². The predicted molar refractivity (Wildman–Crippen MR) is 71.6 cm³/mol. The molecule has 1 aliphatic heterocycles. The van der Waals surface area contributed by atoms with Gasteiger partial charge in [-0.3, -0.25) is 9.59 Å². The van der Waals surface area contributed by atoms with E-state index < -0.39 is 23.7 Å². The topological polar surface area (TPSA) is 79.5 Å². The van der Waals surface area contributed by atoms with Gasteiger partial charge in [-0.15, -0.1) is 0 Å². The van der Waals surface area contributed by atoms with Gasteiger partial charge in [-0.25, -0.2) is 0 Å². The highest BCUT2D eigenvalue weighted by Gasteiger charge is 2.47. The van der Waals surface area contributed by atoms with Gasteiger partial charge in [0.25, 0.3) is 5.91 Å². The van der Waals surface area contributed by atoms with Crippen LogP contribution in [0.3, 0.4) is 0 Å². The van der Waals surface area contributed by atoms with E-state index in [2.05, 4.69) is 5.32 Å². The zero-order valence-electron chi connectivity index (χ0n) is 10.2. The summed E-state index contributed by atoms with van der Waals surface area (Å²) >= 11 is 5.97. The first-order valence-corrected chi connectivity index (χ1v) is 6.30. The van der Waals surface area contributed by atoms with E-state index in [1.165, 1.54) is 12.3 Å². The molecular weight excluding hydrogens is 282 g/mol. The van der Waals surface area contributed by atoms with Gasteiger partial charge in [-0.05, 0) is 18.2 Å². The molecule has 0 bridgehead atoms. The Morgan fingerprint density at radius 2 is 2.15 bits per heavy atom. The van der Waals surface area contributed by atoms with E-state index in [9.17, 15) is 14.7 Å². The lowest BCUT2D eigenvalue weighted by Gasteiger charge is -2.19. The van der Waals surface area contributed by atoms with E-state index in [0.717, 1.165) is 0 Å². The van der Waals surface area contributed by atoms with Gasteiger partial charge in [-0.2, -0.15) is 0 Å². The maximum atomic E-state index is 12.0. The van der Waals surface area contributed by atoms with Crippen molar-refractivity contribution in [1.82, 2.24) is 0 Å². The fourth-order valence-electron chi connectivity index (χ4n) is 2.27. The minimum atomic E-state index is -1.93. The molecule has 2 aromatic rings. The number of carbonyl (C=O) groups is 2. The number of aliphatic hydroxyl groups is 1. The number of rotatable bonds is 3. The van der Waals surface area contributed by atoms with Gasteiger partial charge >= 0.3 is 0 Å². The van der Waals surface area contributed by atoms with E-state index in [4.69, 9.17) is 16.0 Å². The molecule has 0 spiro atoms. The van der Waals surface area contributed by atoms with Crippen molar-refractivity contribution < 1.29 is 19.1 Å². The van der Waals surface area contributed by atoms with Crippen LogP contribution in [0.15, 0.2) is 41.0 Å². The first-order valence-electron chi connectivity index (χ1n) is 5.92. The highest BCUT2D eigenvalue weighted by Crippen LogP contribution is 2.42. The molecule has 2 heterocycles. The second kappa shape index (κ2) is 4.47. The van der Waals surface area contributed by atoms with E-state index >= 15 is 0 Å². The third kappa shape index (κ3) is 1.83. The van der Waals surface area contributed by atoms with Crippen LogP contribution >= 0.6 is 11.6 Å². The van der Waals surface area contributed by atoms with Crippen molar-refractivity contribution in [2.45, 2.75) is 12.0 Å². The smallest absolute Gasteiger partial charge is 0.261 e. The van der Waals surface area contributed by atoms with Gasteiger partial charge in [0.05, 0.1) is 23.4 Å². The lowest BCUT2D eigenvalue weighted by molar-refractivity contribution is -0.133. The fraction of sp³-hybridized carbons (Fsp3) is 0.143. The summed E-state index contributed by atoms with van der Waals surface area (Å²) in [6.45, 7) is 0. The Bertz CT molecular complexity index is 695. The second-order valence-electron chi connectivity index (χ2n) is 4.55. The van der Waals surface area contributed by atoms with Gasteiger partial charge in [0.1, 0.15) is 0 Å². The second-order valence-corrected chi connectivity index (χ2v) is 4.96. The van der Waals surface area contributed by atoms with Crippen LogP contribution in [0.4, 0.5) is 5.69 Å². The zero-order valence-corrected chi connectivity index (χ0v) is 11.0. The Labute approximate surface area is 119 Å². The number of benzene rings is 1. The Kier molecular flexibility index (Phi) is 2.88. The quantitative estimate of drug-likeness (QED) is 0.851. The molecule has 102 valence electrons. The summed E-state index contributed by atoms with van der Waals surface area (Å²) in [7, 11) is 0. The largest absolute Gasteiger partial charge is 0.461 e. The minimum Gasteiger partial charge on any atom is -0.461 e. The monoisotopic (exact) mass is 291 g/mol. The van der Waals surface area contributed by atoms with Crippen molar-refractivity contribution in [3.8, 4) is 0 Å². The van der Waals surface area contributed by atoms with Crippen molar-refractivity contribution in [2.24, 2.45) is 0 Å². The van der Waals surface area contributed by atoms with Crippen LogP contribution in [0.1, 0.15) is 22.5 Å². The molecule has 1 unspecified atom stereocenters. The SMILES string of the molecule is O=C(CC1(O)C(=O)Nc2c(Cl)cccc21)c1ccco1. The highest BCUT2D eigenvalue weighted by atomic mass is 35.5. The summed E-state index contributed by atoms with van der Waals surface area (Å²) in [6, 6.07) is 7.83. The van der Waals surface area contributed by atoms with Gasteiger partial charge in [-0.1, -0.05) is 23.7 Å². The molecule has 1 atom stereocenters. The fourth-order valence-corrected chi connectivity index (χ4v) is 2.49. The third-order valence-electron chi connectivity index (χ3n) is 3.29. The van der Waals surface area contributed by atoms with E-state index in [-0.39, 0.29) is 5.76 Å². The standard InChI is InChI=1S/C14H10ClNO4/c15-9-4-1-3-8-12(9)16-13(18)14(8,19)7-10(17)11-5-2-6-20-11/h1-6,19H,7H2,(H,16,18). The Morgan fingerprint density at radius 3 is 2.85 bits per heavy atom.